The number of benzene rings is 2. The highest BCUT2D eigenvalue weighted by atomic mass is 28.3. The molecule has 23 heavy (non-hydrogen) atoms. The summed E-state index contributed by atoms with van der Waals surface area (Å²) in [5.41, 5.74) is 8.75. The molecule has 0 amide bonds. The van der Waals surface area contributed by atoms with E-state index in [-0.39, 0.29) is 14.2 Å². The van der Waals surface area contributed by atoms with Gasteiger partial charge in [0, 0.05) is 28.0 Å². The zero-order valence-corrected chi connectivity index (χ0v) is 15.7. The Labute approximate surface area is 140 Å². The predicted octanol–water partition coefficient (Wildman–Crippen LogP) is 5.55. The molecule has 2 aromatic carbocycles. The SMILES string of the molecule is Cc1ccc2c(c1)c1c(n2C[Si](C)C)-c2ccccc2C1(C)C. The van der Waals surface area contributed by atoms with Crippen molar-refractivity contribution in [3.05, 3.63) is 59.2 Å². The van der Waals surface area contributed by atoms with Crippen molar-refractivity contribution in [3.8, 4) is 11.3 Å². The fourth-order valence-electron chi connectivity index (χ4n) is 4.23. The van der Waals surface area contributed by atoms with Crippen LogP contribution in [0.15, 0.2) is 42.5 Å². The second-order valence-electron chi connectivity index (χ2n) is 7.71. The van der Waals surface area contributed by atoms with E-state index in [1.54, 1.807) is 0 Å². The van der Waals surface area contributed by atoms with Crippen molar-refractivity contribution < 1.29 is 0 Å². The van der Waals surface area contributed by atoms with Crippen LogP contribution in [-0.4, -0.2) is 13.4 Å². The van der Waals surface area contributed by atoms with Crippen LogP contribution in [0, 0.1) is 6.92 Å². The molecule has 4 rings (SSSR count). The number of fused-ring (bicyclic) bond motifs is 5. The third-order valence-corrected chi connectivity index (χ3v) is 6.12. The minimum atomic E-state index is -0.354. The van der Waals surface area contributed by atoms with Gasteiger partial charge in [0.25, 0.3) is 0 Å². The summed E-state index contributed by atoms with van der Waals surface area (Å²) in [5, 5.41) is 1.45. The van der Waals surface area contributed by atoms with Crippen LogP contribution in [0.5, 0.6) is 0 Å². The first-order chi connectivity index (χ1) is 10.9. The molecule has 0 bridgehead atoms. The first kappa shape index (κ1) is 14.8. The van der Waals surface area contributed by atoms with Crippen LogP contribution < -0.4 is 0 Å². The molecule has 1 aliphatic carbocycles. The lowest BCUT2D eigenvalue weighted by atomic mass is 9.81. The summed E-state index contributed by atoms with van der Waals surface area (Å²) < 4.78 is 2.60. The molecule has 0 aliphatic heterocycles. The van der Waals surface area contributed by atoms with Crippen LogP contribution in [0.2, 0.25) is 13.1 Å². The molecule has 0 spiro atoms. The molecule has 0 unspecified atom stereocenters. The molecular weight excluding hydrogens is 294 g/mol. The van der Waals surface area contributed by atoms with E-state index >= 15 is 0 Å². The van der Waals surface area contributed by atoms with Crippen LogP contribution in [-0.2, 0) is 11.6 Å². The monoisotopic (exact) mass is 318 g/mol. The molecule has 0 fully saturated rings. The quantitative estimate of drug-likeness (QED) is 0.546. The van der Waals surface area contributed by atoms with E-state index < -0.39 is 0 Å². The van der Waals surface area contributed by atoms with Gasteiger partial charge in [0.1, 0.15) is 0 Å². The minimum absolute atomic E-state index is 0.0810. The zero-order valence-electron chi connectivity index (χ0n) is 14.7. The second-order valence-corrected chi connectivity index (χ2v) is 10.4. The standard InChI is InChI=1S/C21H24NSi/c1-14-10-11-18-16(12-14)19-20(22(18)13-23(4)5)15-8-6-7-9-17(15)21(19,2)3/h6-12H,13H2,1-5H3. The van der Waals surface area contributed by atoms with E-state index in [9.17, 15) is 0 Å². The minimum Gasteiger partial charge on any atom is -0.344 e. The molecule has 1 aromatic heterocycles. The maximum Gasteiger partial charge on any atom is 0.0661 e. The number of hydrogen-bond acceptors (Lipinski definition) is 0. The average Bonchev–Trinajstić information content (AvgIpc) is 2.92. The molecule has 1 aliphatic rings. The van der Waals surface area contributed by atoms with Gasteiger partial charge in [-0.05, 0) is 30.2 Å². The lowest BCUT2D eigenvalue weighted by Gasteiger charge is -2.21. The zero-order chi connectivity index (χ0) is 16.4. The van der Waals surface area contributed by atoms with Gasteiger partial charge in [-0.25, -0.2) is 0 Å². The van der Waals surface area contributed by atoms with Crippen LogP contribution in [0.25, 0.3) is 22.2 Å². The molecule has 3 aromatic rings. The van der Waals surface area contributed by atoms with Crippen molar-refractivity contribution >= 4 is 19.7 Å². The van der Waals surface area contributed by atoms with E-state index in [0.717, 1.165) is 0 Å². The Morgan fingerprint density at radius 1 is 1.04 bits per heavy atom. The highest BCUT2D eigenvalue weighted by Crippen LogP contribution is 2.52. The van der Waals surface area contributed by atoms with Gasteiger partial charge in [-0.2, -0.15) is 0 Å². The molecule has 117 valence electrons. The Morgan fingerprint density at radius 3 is 2.52 bits per heavy atom. The molecule has 0 saturated heterocycles. The van der Waals surface area contributed by atoms with Gasteiger partial charge >= 0.3 is 0 Å². The maximum absolute atomic E-state index is 2.60. The third-order valence-electron chi connectivity index (χ3n) is 5.17. The van der Waals surface area contributed by atoms with Gasteiger partial charge in [-0.3, -0.25) is 0 Å². The number of nitrogens with zero attached hydrogens (tertiary/aromatic N) is 1. The first-order valence-electron chi connectivity index (χ1n) is 8.43. The molecule has 1 radical (unpaired) electrons. The summed E-state index contributed by atoms with van der Waals surface area (Å²) in [6, 6.07) is 15.9. The van der Waals surface area contributed by atoms with Crippen molar-refractivity contribution in [1.82, 2.24) is 4.57 Å². The summed E-state index contributed by atoms with van der Waals surface area (Å²) in [6.45, 7) is 11.8. The smallest absolute Gasteiger partial charge is 0.0661 e. The summed E-state index contributed by atoms with van der Waals surface area (Å²) in [7, 11) is -0.354. The topological polar surface area (TPSA) is 4.93 Å². The Morgan fingerprint density at radius 2 is 1.78 bits per heavy atom. The molecular formula is C21H24NSi. The Hall–Kier alpha value is -1.80. The highest BCUT2D eigenvalue weighted by Gasteiger charge is 2.39. The Kier molecular flexibility index (Phi) is 3.11. The fraction of sp³-hybridized carbons (Fsp3) is 0.333. The summed E-state index contributed by atoms with van der Waals surface area (Å²) in [6.07, 6.45) is 1.17. The van der Waals surface area contributed by atoms with Gasteiger partial charge < -0.3 is 4.57 Å². The Bertz CT molecular complexity index is 915. The highest BCUT2D eigenvalue weighted by molar-refractivity contribution is 6.54. The van der Waals surface area contributed by atoms with E-state index in [4.69, 9.17) is 0 Å². The van der Waals surface area contributed by atoms with E-state index in [2.05, 4.69) is 80.9 Å². The van der Waals surface area contributed by atoms with Crippen LogP contribution in [0.3, 0.4) is 0 Å². The maximum atomic E-state index is 2.60. The average molecular weight is 319 g/mol. The number of aromatic nitrogens is 1. The number of hydrogen-bond donors (Lipinski definition) is 0. The largest absolute Gasteiger partial charge is 0.344 e. The van der Waals surface area contributed by atoms with Gasteiger partial charge in [0.2, 0.25) is 0 Å². The Balaban J connectivity index is 2.16. The fourth-order valence-corrected chi connectivity index (χ4v) is 5.19. The molecule has 1 nitrogen and oxygen atoms in total. The molecule has 0 N–H and O–H groups in total. The second kappa shape index (κ2) is 4.84. The van der Waals surface area contributed by atoms with Crippen LogP contribution in [0.4, 0.5) is 0 Å². The van der Waals surface area contributed by atoms with E-state index in [1.165, 1.54) is 45.0 Å². The third kappa shape index (κ3) is 1.97. The molecule has 0 saturated carbocycles. The predicted molar refractivity (Wildman–Crippen MR) is 102 cm³/mol. The lowest BCUT2D eigenvalue weighted by Crippen LogP contribution is -2.14. The van der Waals surface area contributed by atoms with Crippen molar-refractivity contribution in [2.75, 3.05) is 0 Å². The van der Waals surface area contributed by atoms with Crippen LogP contribution in [0.1, 0.15) is 30.5 Å². The number of aryl methyl sites for hydroxylation is 1. The van der Waals surface area contributed by atoms with Crippen LogP contribution >= 0.6 is 0 Å². The summed E-state index contributed by atoms with van der Waals surface area (Å²) in [5.74, 6) is 0. The summed E-state index contributed by atoms with van der Waals surface area (Å²) in [4.78, 5) is 0. The lowest BCUT2D eigenvalue weighted by molar-refractivity contribution is 0.665. The van der Waals surface area contributed by atoms with Crippen molar-refractivity contribution in [2.24, 2.45) is 0 Å². The van der Waals surface area contributed by atoms with Gasteiger partial charge in [0.05, 0.1) is 14.5 Å². The van der Waals surface area contributed by atoms with Crippen molar-refractivity contribution in [3.63, 3.8) is 0 Å². The van der Waals surface area contributed by atoms with Crippen molar-refractivity contribution in [2.45, 2.75) is 45.4 Å². The molecule has 0 atom stereocenters. The van der Waals surface area contributed by atoms with Gasteiger partial charge in [-0.15, -0.1) is 0 Å². The summed E-state index contributed by atoms with van der Waals surface area (Å²) >= 11 is 0. The number of rotatable bonds is 2. The molecule has 2 heteroatoms. The first-order valence-corrected chi connectivity index (χ1v) is 11.1. The normalized spacial score (nSPS) is 15.2. The van der Waals surface area contributed by atoms with Gasteiger partial charge in [0.15, 0.2) is 0 Å². The van der Waals surface area contributed by atoms with E-state index in [1.807, 2.05) is 0 Å². The van der Waals surface area contributed by atoms with E-state index in [0.29, 0.717) is 0 Å². The van der Waals surface area contributed by atoms with Crippen molar-refractivity contribution in [1.29, 1.82) is 0 Å². The van der Waals surface area contributed by atoms with Gasteiger partial charge in [-0.1, -0.05) is 62.8 Å². The molecule has 1 heterocycles.